The molecule has 0 spiro atoms. The molecular formula is C24H28N4O. The van der Waals surface area contributed by atoms with Crippen molar-refractivity contribution in [3.05, 3.63) is 42.2 Å². The molecule has 150 valence electrons. The van der Waals surface area contributed by atoms with Crippen molar-refractivity contribution in [1.82, 2.24) is 15.0 Å². The summed E-state index contributed by atoms with van der Waals surface area (Å²) >= 11 is 0. The van der Waals surface area contributed by atoms with Crippen LogP contribution in [-0.4, -0.2) is 33.8 Å². The van der Waals surface area contributed by atoms with E-state index in [1.807, 2.05) is 0 Å². The van der Waals surface area contributed by atoms with Gasteiger partial charge in [0, 0.05) is 36.0 Å². The Morgan fingerprint density at radius 1 is 1.24 bits per heavy atom. The molecule has 1 N–H and O–H groups in total. The fourth-order valence-electron chi connectivity index (χ4n) is 5.03. The second-order valence-corrected chi connectivity index (χ2v) is 8.94. The highest BCUT2D eigenvalue weighted by molar-refractivity contribution is 6.09. The van der Waals surface area contributed by atoms with Gasteiger partial charge in [-0.3, -0.25) is 4.79 Å². The Morgan fingerprint density at radius 2 is 2.07 bits per heavy atom. The molecule has 0 radical (unpaired) electrons. The number of nitrogens with zero attached hydrogens (tertiary/aromatic N) is 3. The third-order valence-corrected chi connectivity index (χ3v) is 7.18. The highest BCUT2D eigenvalue weighted by Gasteiger charge is 2.43. The van der Waals surface area contributed by atoms with E-state index >= 15 is 0 Å². The fraction of sp³-hybridized carbons (Fsp3) is 0.458. The summed E-state index contributed by atoms with van der Waals surface area (Å²) in [6, 6.07) is 8.51. The predicted octanol–water partition coefficient (Wildman–Crippen LogP) is 5.23. The molecule has 3 aromatic rings. The van der Waals surface area contributed by atoms with Crippen LogP contribution in [0.1, 0.15) is 56.3 Å². The summed E-state index contributed by atoms with van der Waals surface area (Å²) in [5.74, 6) is 0.597. The highest BCUT2D eigenvalue weighted by atomic mass is 16.1. The maximum Gasteiger partial charge on any atom is 0.172 e. The Hall–Kier alpha value is -2.69. The number of H-pyrrole nitrogens is 1. The molecule has 1 aromatic carbocycles. The van der Waals surface area contributed by atoms with Crippen LogP contribution in [0.4, 0.5) is 5.69 Å². The minimum atomic E-state index is -0.303. The van der Waals surface area contributed by atoms with Crippen LogP contribution in [0.3, 0.4) is 0 Å². The van der Waals surface area contributed by atoms with Gasteiger partial charge in [-0.2, -0.15) is 0 Å². The van der Waals surface area contributed by atoms with Crippen LogP contribution < -0.4 is 4.90 Å². The number of anilines is 1. The first kappa shape index (κ1) is 18.3. The van der Waals surface area contributed by atoms with E-state index < -0.39 is 0 Å². The number of nitrogens with one attached hydrogen (secondary N) is 1. The summed E-state index contributed by atoms with van der Waals surface area (Å²) < 4.78 is 0. The molecule has 2 aliphatic rings. The molecule has 5 heteroatoms. The van der Waals surface area contributed by atoms with Crippen molar-refractivity contribution in [2.75, 3.05) is 18.0 Å². The van der Waals surface area contributed by atoms with Crippen LogP contribution >= 0.6 is 0 Å². The van der Waals surface area contributed by atoms with Crippen LogP contribution in [-0.2, 0) is 0 Å². The predicted molar refractivity (Wildman–Crippen MR) is 116 cm³/mol. The van der Waals surface area contributed by atoms with Gasteiger partial charge >= 0.3 is 0 Å². The summed E-state index contributed by atoms with van der Waals surface area (Å²) in [6.45, 7) is 6.53. The van der Waals surface area contributed by atoms with Crippen molar-refractivity contribution in [1.29, 1.82) is 0 Å². The van der Waals surface area contributed by atoms with E-state index in [0.29, 0.717) is 22.6 Å². The Morgan fingerprint density at radius 3 is 2.83 bits per heavy atom. The van der Waals surface area contributed by atoms with E-state index in [9.17, 15) is 4.79 Å². The van der Waals surface area contributed by atoms with Gasteiger partial charge in [0.2, 0.25) is 0 Å². The summed E-state index contributed by atoms with van der Waals surface area (Å²) in [4.78, 5) is 28.5. The molecule has 0 bridgehead atoms. The Labute approximate surface area is 171 Å². The van der Waals surface area contributed by atoms with E-state index in [-0.39, 0.29) is 11.2 Å². The summed E-state index contributed by atoms with van der Waals surface area (Å²) in [6.07, 6.45) is 9.29. The van der Waals surface area contributed by atoms with Gasteiger partial charge in [-0.15, -0.1) is 0 Å². The van der Waals surface area contributed by atoms with Crippen molar-refractivity contribution < 1.29 is 4.79 Å². The van der Waals surface area contributed by atoms with Gasteiger partial charge in [-0.05, 0) is 43.7 Å². The SMILES string of the molecule is C[C@H]1CCC[C@]1(C)C(=O)c1c[nH]c2ncc(-c3cccc(N4CCCC4)c3)nc12. The molecule has 0 unspecified atom stereocenters. The van der Waals surface area contributed by atoms with Gasteiger partial charge in [-0.25, -0.2) is 9.97 Å². The average Bonchev–Trinajstić information content (AvgIpc) is 3.48. The number of carbonyl (C=O) groups is 1. The number of benzene rings is 1. The highest BCUT2D eigenvalue weighted by Crippen LogP contribution is 2.45. The Balaban J connectivity index is 1.53. The zero-order valence-electron chi connectivity index (χ0n) is 17.2. The van der Waals surface area contributed by atoms with Crippen LogP contribution in [0.25, 0.3) is 22.4 Å². The zero-order chi connectivity index (χ0) is 20.0. The third kappa shape index (κ3) is 3.04. The fourth-order valence-corrected chi connectivity index (χ4v) is 5.03. The van der Waals surface area contributed by atoms with E-state index in [1.165, 1.54) is 18.5 Å². The lowest BCUT2D eigenvalue weighted by Gasteiger charge is -2.27. The number of ketones is 1. The minimum Gasteiger partial charge on any atom is -0.372 e. The normalized spacial score (nSPS) is 24.5. The molecule has 0 amide bonds. The van der Waals surface area contributed by atoms with Gasteiger partial charge in [0.25, 0.3) is 0 Å². The Kier molecular flexibility index (Phi) is 4.41. The lowest BCUT2D eigenvalue weighted by atomic mass is 9.75. The van der Waals surface area contributed by atoms with Gasteiger partial charge in [-0.1, -0.05) is 32.4 Å². The van der Waals surface area contributed by atoms with E-state index in [2.05, 4.69) is 53.0 Å². The molecule has 1 aliphatic carbocycles. The number of hydrogen-bond acceptors (Lipinski definition) is 4. The number of rotatable bonds is 4. The third-order valence-electron chi connectivity index (χ3n) is 7.18. The molecule has 1 saturated carbocycles. The first-order valence-electron chi connectivity index (χ1n) is 10.8. The summed E-state index contributed by atoms with van der Waals surface area (Å²) in [5, 5.41) is 0. The van der Waals surface area contributed by atoms with Crippen molar-refractivity contribution in [3.63, 3.8) is 0 Å². The first-order valence-corrected chi connectivity index (χ1v) is 10.8. The molecule has 5 rings (SSSR count). The monoisotopic (exact) mass is 388 g/mol. The number of carbonyl (C=O) groups excluding carboxylic acids is 1. The smallest absolute Gasteiger partial charge is 0.172 e. The maximum atomic E-state index is 13.4. The number of aromatic amines is 1. The zero-order valence-corrected chi connectivity index (χ0v) is 17.2. The van der Waals surface area contributed by atoms with Gasteiger partial charge in [0.15, 0.2) is 11.4 Å². The second-order valence-electron chi connectivity index (χ2n) is 8.94. The lowest BCUT2D eigenvalue weighted by Crippen LogP contribution is -2.30. The van der Waals surface area contributed by atoms with Gasteiger partial charge in [0.1, 0.15) is 5.52 Å². The molecule has 29 heavy (non-hydrogen) atoms. The summed E-state index contributed by atoms with van der Waals surface area (Å²) in [7, 11) is 0. The first-order chi connectivity index (χ1) is 14.1. The number of Topliss-reactive ketones (excluding diaryl/α,β-unsaturated/α-hetero) is 1. The second kappa shape index (κ2) is 6.97. The van der Waals surface area contributed by atoms with Gasteiger partial charge < -0.3 is 9.88 Å². The maximum absolute atomic E-state index is 13.4. The van der Waals surface area contributed by atoms with Crippen molar-refractivity contribution >= 4 is 22.6 Å². The van der Waals surface area contributed by atoms with Crippen molar-refractivity contribution in [2.45, 2.75) is 46.0 Å². The van der Waals surface area contributed by atoms with Crippen molar-refractivity contribution in [3.8, 4) is 11.3 Å². The van der Waals surface area contributed by atoms with Gasteiger partial charge in [0.05, 0.1) is 17.5 Å². The number of aromatic nitrogens is 3. The molecule has 2 atom stereocenters. The number of hydrogen-bond donors (Lipinski definition) is 1. The molecule has 2 aromatic heterocycles. The van der Waals surface area contributed by atoms with E-state index in [1.54, 1.807) is 12.4 Å². The quantitative estimate of drug-likeness (QED) is 0.621. The molecule has 5 nitrogen and oxygen atoms in total. The molecule has 3 heterocycles. The summed E-state index contributed by atoms with van der Waals surface area (Å²) in [5.41, 5.74) is 4.85. The topological polar surface area (TPSA) is 61.9 Å². The Bertz CT molecular complexity index is 1070. The molecule has 1 aliphatic heterocycles. The van der Waals surface area contributed by atoms with E-state index in [4.69, 9.17) is 4.98 Å². The number of fused-ring (bicyclic) bond motifs is 1. The molecule has 1 saturated heterocycles. The van der Waals surface area contributed by atoms with Crippen LogP contribution in [0.5, 0.6) is 0 Å². The van der Waals surface area contributed by atoms with Crippen LogP contribution in [0, 0.1) is 11.3 Å². The molecular weight excluding hydrogens is 360 g/mol. The molecule has 2 fully saturated rings. The lowest BCUT2D eigenvalue weighted by molar-refractivity contribution is 0.0767. The van der Waals surface area contributed by atoms with Crippen molar-refractivity contribution in [2.24, 2.45) is 11.3 Å². The standard InChI is InChI=1S/C24H28N4O/c1-16-7-6-10-24(16,2)22(29)19-14-25-23-21(19)27-20(15-26-23)17-8-5-9-18(13-17)28-11-3-4-12-28/h5,8-9,13-16H,3-4,6-7,10-12H2,1-2H3,(H,25,26)/t16-,24-/m0/s1. The van der Waals surface area contributed by atoms with E-state index in [0.717, 1.165) is 43.6 Å². The largest absolute Gasteiger partial charge is 0.372 e. The minimum absolute atomic E-state index is 0.200. The van der Waals surface area contributed by atoms with Crippen LogP contribution in [0.15, 0.2) is 36.7 Å². The average molecular weight is 389 g/mol. The van der Waals surface area contributed by atoms with Crippen LogP contribution in [0.2, 0.25) is 0 Å².